The van der Waals surface area contributed by atoms with Crippen LogP contribution in [-0.4, -0.2) is 61.0 Å². The van der Waals surface area contributed by atoms with Gasteiger partial charge in [-0.25, -0.2) is 0 Å². The molecule has 0 radical (unpaired) electrons. The molecule has 0 unspecified atom stereocenters. The summed E-state index contributed by atoms with van der Waals surface area (Å²) in [6, 6.07) is 6.79. The Morgan fingerprint density at radius 3 is 2.42 bits per heavy atom. The molecule has 2 aliphatic rings. The Kier molecular flexibility index (Phi) is 5.85. The van der Waals surface area contributed by atoms with Crippen LogP contribution in [0, 0.1) is 5.92 Å². The average molecular weight is 424 g/mol. The average Bonchev–Trinajstić information content (AvgIpc) is 2.81. The number of hydrogen-bond donors (Lipinski definition) is 0. The lowest BCUT2D eigenvalue weighted by molar-refractivity contribution is -0.135. The Balaban J connectivity index is 1.87. The first-order valence-electron chi connectivity index (χ1n) is 10.7. The Hall–Kier alpha value is -3.09. The van der Waals surface area contributed by atoms with E-state index in [1.165, 1.54) is 7.11 Å². The molecule has 2 aromatic rings. The van der Waals surface area contributed by atoms with Crippen LogP contribution in [0.3, 0.4) is 0 Å². The van der Waals surface area contributed by atoms with E-state index in [0.29, 0.717) is 28.5 Å². The Labute approximate surface area is 183 Å². The summed E-state index contributed by atoms with van der Waals surface area (Å²) >= 11 is 0. The number of amides is 2. The second kappa shape index (κ2) is 8.57. The maximum Gasteiger partial charge on any atom is 0.254 e. The maximum atomic E-state index is 13.9. The van der Waals surface area contributed by atoms with Gasteiger partial charge in [0.1, 0.15) is 0 Å². The number of hydrogen-bond acceptors (Lipinski definition) is 5. The monoisotopic (exact) mass is 423 g/mol. The molecule has 1 saturated heterocycles. The van der Waals surface area contributed by atoms with Crippen molar-refractivity contribution < 1.29 is 19.1 Å². The molecule has 164 valence electrons. The Bertz CT molecular complexity index is 970. The summed E-state index contributed by atoms with van der Waals surface area (Å²) in [6.45, 7) is 3.69. The molecule has 7 heteroatoms. The molecule has 31 heavy (non-hydrogen) atoms. The van der Waals surface area contributed by atoms with Gasteiger partial charge in [0.05, 0.1) is 26.2 Å². The minimum atomic E-state index is -0.546. The van der Waals surface area contributed by atoms with Crippen LogP contribution in [0.4, 0.5) is 0 Å². The quantitative estimate of drug-likeness (QED) is 0.755. The molecule has 3 heterocycles. The Morgan fingerprint density at radius 2 is 1.81 bits per heavy atom. The predicted octanol–water partition coefficient (Wildman–Crippen LogP) is 3.27. The SMILES string of the molecule is COc1cc2c(cc1OC)[C@@H](C(=O)N1CCC(C)CC1)[C@@H](c1cccnc1)N(C)C2=O. The van der Waals surface area contributed by atoms with Crippen molar-refractivity contribution in [1.29, 1.82) is 0 Å². The van der Waals surface area contributed by atoms with Gasteiger partial charge in [0, 0.05) is 38.1 Å². The highest BCUT2D eigenvalue weighted by Gasteiger charge is 2.45. The number of methoxy groups -OCH3 is 2. The molecule has 2 atom stereocenters. The molecule has 0 spiro atoms. The van der Waals surface area contributed by atoms with Crippen LogP contribution >= 0.6 is 0 Å². The van der Waals surface area contributed by atoms with E-state index < -0.39 is 12.0 Å². The molecule has 0 saturated carbocycles. The van der Waals surface area contributed by atoms with Crippen molar-refractivity contribution in [3.8, 4) is 11.5 Å². The van der Waals surface area contributed by atoms with Gasteiger partial charge >= 0.3 is 0 Å². The molecular formula is C24H29N3O4. The minimum Gasteiger partial charge on any atom is -0.493 e. The number of piperidine rings is 1. The molecule has 1 aromatic heterocycles. The van der Waals surface area contributed by atoms with Crippen LogP contribution in [-0.2, 0) is 4.79 Å². The standard InChI is InChI=1S/C24H29N3O4/c1-15-7-10-27(11-8-15)24(29)21-17-12-19(30-3)20(31-4)13-18(17)23(28)26(2)22(21)16-6-5-9-25-14-16/h5-6,9,12-15,21-22H,7-8,10-11H2,1-4H3/t21-,22-/m1/s1. The zero-order valence-electron chi connectivity index (χ0n) is 18.5. The fourth-order valence-electron chi connectivity index (χ4n) is 4.71. The number of carbonyl (C=O) groups excluding carboxylic acids is 2. The molecule has 0 aliphatic carbocycles. The molecule has 2 aliphatic heterocycles. The van der Waals surface area contributed by atoms with Gasteiger partial charge in [-0.15, -0.1) is 0 Å². The van der Waals surface area contributed by atoms with Gasteiger partial charge in [0.25, 0.3) is 5.91 Å². The van der Waals surface area contributed by atoms with E-state index in [1.54, 1.807) is 43.6 Å². The first kappa shape index (κ1) is 21.2. The molecule has 1 fully saturated rings. The van der Waals surface area contributed by atoms with Crippen LogP contribution in [0.2, 0.25) is 0 Å². The van der Waals surface area contributed by atoms with E-state index in [1.807, 2.05) is 17.0 Å². The lowest BCUT2D eigenvalue weighted by atomic mass is 9.79. The molecular weight excluding hydrogens is 394 g/mol. The van der Waals surface area contributed by atoms with Gasteiger partial charge in [-0.3, -0.25) is 14.6 Å². The minimum absolute atomic E-state index is 0.0357. The second-order valence-electron chi connectivity index (χ2n) is 8.43. The smallest absolute Gasteiger partial charge is 0.254 e. The van der Waals surface area contributed by atoms with E-state index in [4.69, 9.17) is 9.47 Å². The number of likely N-dealkylation sites (tertiary alicyclic amines) is 1. The summed E-state index contributed by atoms with van der Waals surface area (Å²) in [5.74, 6) is 0.935. The van der Waals surface area contributed by atoms with E-state index >= 15 is 0 Å². The fraction of sp³-hybridized carbons (Fsp3) is 0.458. The highest BCUT2D eigenvalue weighted by molar-refractivity contribution is 6.02. The number of aromatic nitrogens is 1. The second-order valence-corrected chi connectivity index (χ2v) is 8.43. The molecule has 4 rings (SSSR count). The third kappa shape index (κ3) is 3.73. The number of rotatable bonds is 4. The zero-order chi connectivity index (χ0) is 22.1. The summed E-state index contributed by atoms with van der Waals surface area (Å²) in [6.07, 6.45) is 5.41. The summed E-state index contributed by atoms with van der Waals surface area (Å²) in [7, 11) is 4.85. The molecule has 0 bridgehead atoms. The number of ether oxygens (including phenoxy) is 2. The largest absolute Gasteiger partial charge is 0.493 e. The van der Waals surface area contributed by atoms with Crippen molar-refractivity contribution in [1.82, 2.24) is 14.8 Å². The van der Waals surface area contributed by atoms with Crippen LogP contribution < -0.4 is 9.47 Å². The third-order valence-electron chi connectivity index (χ3n) is 6.56. The third-order valence-corrected chi connectivity index (χ3v) is 6.56. The van der Waals surface area contributed by atoms with Gasteiger partial charge in [0.15, 0.2) is 11.5 Å². The number of benzene rings is 1. The number of pyridine rings is 1. The topological polar surface area (TPSA) is 72.0 Å². The number of carbonyl (C=O) groups is 2. The number of likely N-dealkylation sites (N-methyl/N-ethyl adjacent to an activating group) is 1. The summed E-state index contributed by atoms with van der Waals surface area (Å²) in [4.78, 5) is 35.1. The molecule has 0 N–H and O–H groups in total. The van der Waals surface area contributed by atoms with E-state index in [2.05, 4.69) is 11.9 Å². The summed E-state index contributed by atoms with van der Waals surface area (Å²) in [5.41, 5.74) is 1.99. The summed E-state index contributed by atoms with van der Waals surface area (Å²) < 4.78 is 10.9. The van der Waals surface area contributed by atoms with Crippen LogP contribution in [0.5, 0.6) is 11.5 Å². The van der Waals surface area contributed by atoms with Gasteiger partial charge < -0.3 is 19.3 Å². The molecule has 7 nitrogen and oxygen atoms in total. The first-order chi connectivity index (χ1) is 15.0. The first-order valence-corrected chi connectivity index (χ1v) is 10.7. The van der Waals surface area contributed by atoms with Crippen molar-refractivity contribution in [2.75, 3.05) is 34.4 Å². The fourth-order valence-corrected chi connectivity index (χ4v) is 4.71. The molecule has 2 amide bonds. The maximum absolute atomic E-state index is 13.9. The van der Waals surface area contributed by atoms with Gasteiger partial charge in [-0.2, -0.15) is 0 Å². The van der Waals surface area contributed by atoms with Crippen LogP contribution in [0.25, 0.3) is 0 Å². The number of nitrogens with zero attached hydrogens (tertiary/aromatic N) is 3. The number of fused-ring (bicyclic) bond motifs is 1. The van der Waals surface area contributed by atoms with E-state index in [-0.39, 0.29) is 11.8 Å². The van der Waals surface area contributed by atoms with Gasteiger partial charge in [-0.05, 0) is 48.1 Å². The Morgan fingerprint density at radius 1 is 1.13 bits per heavy atom. The predicted molar refractivity (Wildman–Crippen MR) is 116 cm³/mol. The highest BCUT2D eigenvalue weighted by atomic mass is 16.5. The van der Waals surface area contributed by atoms with E-state index in [9.17, 15) is 9.59 Å². The highest BCUT2D eigenvalue weighted by Crippen LogP contribution is 2.46. The van der Waals surface area contributed by atoms with Crippen molar-refractivity contribution in [3.05, 3.63) is 53.3 Å². The van der Waals surface area contributed by atoms with Gasteiger partial charge in [-0.1, -0.05) is 13.0 Å². The van der Waals surface area contributed by atoms with Crippen molar-refractivity contribution in [2.24, 2.45) is 5.92 Å². The zero-order valence-corrected chi connectivity index (χ0v) is 18.5. The summed E-state index contributed by atoms with van der Waals surface area (Å²) in [5, 5.41) is 0. The van der Waals surface area contributed by atoms with Gasteiger partial charge in [0.2, 0.25) is 5.91 Å². The van der Waals surface area contributed by atoms with Crippen molar-refractivity contribution in [2.45, 2.75) is 31.7 Å². The van der Waals surface area contributed by atoms with Crippen molar-refractivity contribution >= 4 is 11.8 Å². The van der Waals surface area contributed by atoms with Crippen LogP contribution in [0.1, 0.15) is 53.2 Å². The van der Waals surface area contributed by atoms with Crippen LogP contribution in [0.15, 0.2) is 36.7 Å². The lowest BCUT2D eigenvalue weighted by Gasteiger charge is -2.42. The normalized spacial score (nSPS) is 21.6. The van der Waals surface area contributed by atoms with Crippen molar-refractivity contribution in [3.63, 3.8) is 0 Å². The lowest BCUT2D eigenvalue weighted by Crippen LogP contribution is -2.48. The van der Waals surface area contributed by atoms with E-state index in [0.717, 1.165) is 31.5 Å². The molecule has 1 aromatic carbocycles.